The molecule has 0 aliphatic carbocycles. The van der Waals surface area contributed by atoms with E-state index in [-0.39, 0.29) is 18.3 Å². The SMILES string of the molecule is COc1cccc(C[NH+](C)CC(=O)Nc2ccc(F)cc2)c1OC. The number of amides is 1. The lowest BCUT2D eigenvalue weighted by Crippen LogP contribution is -3.08. The van der Waals surface area contributed by atoms with Crippen LogP contribution in [0.5, 0.6) is 11.5 Å². The maximum Gasteiger partial charge on any atom is 0.279 e. The van der Waals surface area contributed by atoms with E-state index in [0.717, 1.165) is 10.5 Å². The highest BCUT2D eigenvalue weighted by Crippen LogP contribution is 2.29. The fraction of sp³-hybridized carbons (Fsp3) is 0.278. The molecular weight excluding hydrogens is 311 g/mol. The molecular formula is C18H22FN2O3+. The smallest absolute Gasteiger partial charge is 0.279 e. The predicted octanol–water partition coefficient (Wildman–Crippen LogP) is 1.50. The van der Waals surface area contributed by atoms with Gasteiger partial charge in [0, 0.05) is 5.69 Å². The summed E-state index contributed by atoms with van der Waals surface area (Å²) in [5.41, 5.74) is 1.54. The number of hydrogen-bond acceptors (Lipinski definition) is 3. The molecule has 0 fully saturated rings. The average molecular weight is 333 g/mol. The fourth-order valence-electron chi connectivity index (χ4n) is 2.49. The first-order valence-corrected chi connectivity index (χ1v) is 7.60. The summed E-state index contributed by atoms with van der Waals surface area (Å²) < 4.78 is 23.6. The average Bonchev–Trinajstić information content (AvgIpc) is 2.56. The maximum absolute atomic E-state index is 12.9. The van der Waals surface area contributed by atoms with Crippen LogP contribution in [0, 0.1) is 5.82 Å². The lowest BCUT2D eigenvalue weighted by atomic mass is 10.1. The normalized spacial score (nSPS) is 11.7. The largest absolute Gasteiger partial charge is 0.493 e. The molecule has 0 heterocycles. The number of benzene rings is 2. The Balaban J connectivity index is 1.96. The van der Waals surface area contributed by atoms with Crippen molar-refractivity contribution in [3.63, 3.8) is 0 Å². The molecule has 0 saturated carbocycles. The van der Waals surface area contributed by atoms with Gasteiger partial charge in [0.2, 0.25) is 0 Å². The van der Waals surface area contributed by atoms with Gasteiger partial charge in [-0.15, -0.1) is 0 Å². The molecule has 0 aromatic heterocycles. The van der Waals surface area contributed by atoms with E-state index < -0.39 is 0 Å². The first-order valence-electron chi connectivity index (χ1n) is 7.60. The number of methoxy groups -OCH3 is 2. The Morgan fingerprint density at radius 1 is 1.12 bits per heavy atom. The molecule has 0 aliphatic rings. The molecule has 0 radical (unpaired) electrons. The summed E-state index contributed by atoms with van der Waals surface area (Å²) in [7, 11) is 5.11. The number of likely N-dealkylation sites (N-methyl/N-ethyl adjacent to an activating group) is 1. The third-order valence-electron chi connectivity index (χ3n) is 3.57. The highest BCUT2D eigenvalue weighted by atomic mass is 19.1. The molecule has 0 saturated heterocycles. The molecule has 128 valence electrons. The Hall–Kier alpha value is -2.60. The summed E-state index contributed by atoms with van der Waals surface area (Å²) in [6, 6.07) is 11.4. The van der Waals surface area contributed by atoms with Crippen molar-refractivity contribution in [1.82, 2.24) is 0 Å². The van der Waals surface area contributed by atoms with Gasteiger partial charge < -0.3 is 19.7 Å². The number of rotatable bonds is 7. The van der Waals surface area contributed by atoms with Crippen LogP contribution >= 0.6 is 0 Å². The Bertz CT molecular complexity index is 689. The highest BCUT2D eigenvalue weighted by molar-refractivity contribution is 5.91. The molecule has 1 amide bonds. The topological polar surface area (TPSA) is 52.0 Å². The van der Waals surface area contributed by atoms with Crippen LogP contribution in [0.4, 0.5) is 10.1 Å². The molecule has 5 nitrogen and oxygen atoms in total. The lowest BCUT2D eigenvalue weighted by molar-refractivity contribution is -0.885. The van der Waals surface area contributed by atoms with Gasteiger partial charge in [-0.25, -0.2) is 4.39 Å². The van der Waals surface area contributed by atoms with E-state index in [9.17, 15) is 9.18 Å². The molecule has 24 heavy (non-hydrogen) atoms. The molecule has 2 N–H and O–H groups in total. The zero-order valence-corrected chi connectivity index (χ0v) is 14.1. The summed E-state index contributed by atoms with van der Waals surface area (Å²) >= 11 is 0. The number of hydrogen-bond donors (Lipinski definition) is 2. The molecule has 0 spiro atoms. The van der Waals surface area contributed by atoms with Crippen LogP contribution in [0.3, 0.4) is 0 Å². The zero-order valence-electron chi connectivity index (χ0n) is 14.1. The molecule has 1 atom stereocenters. The monoisotopic (exact) mass is 333 g/mol. The second kappa shape index (κ2) is 8.31. The second-order valence-electron chi connectivity index (χ2n) is 5.52. The van der Waals surface area contributed by atoms with Gasteiger partial charge in [-0.3, -0.25) is 4.79 Å². The van der Waals surface area contributed by atoms with E-state index in [1.165, 1.54) is 24.3 Å². The first-order chi connectivity index (χ1) is 11.5. The summed E-state index contributed by atoms with van der Waals surface area (Å²) in [5, 5.41) is 2.75. The van der Waals surface area contributed by atoms with Crippen molar-refractivity contribution in [2.45, 2.75) is 6.54 Å². The van der Waals surface area contributed by atoms with Crippen molar-refractivity contribution >= 4 is 11.6 Å². The van der Waals surface area contributed by atoms with Gasteiger partial charge in [0.25, 0.3) is 5.91 Å². The molecule has 2 rings (SSSR count). The number of halogens is 1. The minimum Gasteiger partial charge on any atom is -0.493 e. The van der Waals surface area contributed by atoms with Crippen LogP contribution in [0.1, 0.15) is 5.56 Å². The third-order valence-corrected chi connectivity index (χ3v) is 3.57. The Labute approximate surface area is 141 Å². The maximum atomic E-state index is 12.9. The van der Waals surface area contributed by atoms with Crippen molar-refractivity contribution in [3.05, 3.63) is 53.8 Å². The third kappa shape index (κ3) is 4.70. The minimum atomic E-state index is -0.333. The molecule has 2 aromatic carbocycles. The van der Waals surface area contributed by atoms with E-state index in [2.05, 4.69) is 5.32 Å². The Morgan fingerprint density at radius 3 is 2.46 bits per heavy atom. The van der Waals surface area contributed by atoms with Crippen molar-refractivity contribution in [2.24, 2.45) is 0 Å². The Kier molecular flexibility index (Phi) is 6.14. The number of para-hydroxylation sites is 1. The van der Waals surface area contributed by atoms with E-state index in [0.29, 0.717) is 23.7 Å². The molecule has 2 aromatic rings. The summed E-state index contributed by atoms with van der Waals surface area (Å²) in [5.74, 6) is 0.874. The van der Waals surface area contributed by atoms with Gasteiger partial charge in [-0.05, 0) is 36.4 Å². The van der Waals surface area contributed by atoms with Crippen LogP contribution in [-0.4, -0.2) is 33.7 Å². The van der Waals surface area contributed by atoms with Crippen molar-refractivity contribution in [1.29, 1.82) is 0 Å². The van der Waals surface area contributed by atoms with Gasteiger partial charge >= 0.3 is 0 Å². The van der Waals surface area contributed by atoms with Gasteiger partial charge in [0.15, 0.2) is 18.0 Å². The van der Waals surface area contributed by atoms with Crippen molar-refractivity contribution in [3.8, 4) is 11.5 Å². The summed E-state index contributed by atoms with van der Waals surface area (Å²) in [4.78, 5) is 13.1. The van der Waals surface area contributed by atoms with Crippen LogP contribution in [0.25, 0.3) is 0 Å². The van der Waals surface area contributed by atoms with Crippen molar-refractivity contribution in [2.75, 3.05) is 33.1 Å². The number of anilines is 1. The molecule has 0 bridgehead atoms. The predicted molar refractivity (Wildman–Crippen MR) is 90.0 cm³/mol. The number of carbonyl (C=O) groups is 1. The lowest BCUT2D eigenvalue weighted by Gasteiger charge is -2.17. The summed E-state index contributed by atoms with van der Waals surface area (Å²) in [6.45, 7) is 0.884. The van der Waals surface area contributed by atoms with Crippen molar-refractivity contribution < 1.29 is 23.6 Å². The van der Waals surface area contributed by atoms with E-state index in [1.54, 1.807) is 14.2 Å². The van der Waals surface area contributed by atoms with Crippen LogP contribution in [0.2, 0.25) is 0 Å². The van der Waals surface area contributed by atoms with E-state index in [1.807, 2.05) is 25.2 Å². The Morgan fingerprint density at radius 2 is 1.83 bits per heavy atom. The van der Waals surface area contributed by atoms with Crippen LogP contribution in [-0.2, 0) is 11.3 Å². The number of ether oxygens (including phenoxy) is 2. The minimum absolute atomic E-state index is 0.138. The first kappa shape index (κ1) is 17.7. The second-order valence-corrected chi connectivity index (χ2v) is 5.52. The van der Waals surface area contributed by atoms with Crippen LogP contribution in [0.15, 0.2) is 42.5 Å². The molecule has 6 heteroatoms. The number of carbonyl (C=O) groups excluding carboxylic acids is 1. The molecule has 0 aliphatic heterocycles. The number of quaternary nitrogens is 1. The van der Waals surface area contributed by atoms with E-state index in [4.69, 9.17) is 9.47 Å². The quantitative estimate of drug-likeness (QED) is 0.807. The van der Waals surface area contributed by atoms with Gasteiger partial charge in [-0.1, -0.05) is 6.07 Å². The fourth-order valence-corrected chi connectivity index (χ4v) is 2.49. The van der Waals surface area contributed by atoms with Gasteiger partial charge in [-0.2, -0.15) is 0 Å². The van der Waals surface area contributed by atoms with Gasteiger partial charge in [0.05, 0.1) is 26.8 Å². The van der Waals surface area contributed by atoms with Crippen LogP contribution < -0.4 is 19.7 Å². The van der Waals surface area contributed by atoms with E-state index >= 15 is 0 Å². The standard InChI is InChI=1S/C18H21FN2O3/c1-21(11-13-5-4-6-16(23-2)18(13)24-3)12-17(22)20-15-9-7-14(19)8-10-15/h4-10H,11-12H2,1-3H3,(H,20,22)/p+1. The number of nitrogens with one attached hydrogen (secondary N) is 2. The molecule has 1 unspecified atom stereocenters. The zero-order chi connectivity index (χ0) is 17.5. The summed E-state index contributed by atoms with van der Waals surface area (Å²) in [6.07, 6.45) is 0. The van der Waals surface area contributed by atoms with Gasteiger partial charge in [0.1, 0.15) is 12.4 Å². The highest BCUT2D eigenvalue weighted by Gasteiger charge is 2.16.